The Labute approximate surface area is 118 Å². The molecule has 0 aromatic heterocycles. The molecule has 0 radical (unpaired) electrons. The van der Waals surface area contributed by atoms with Crippen LogP contribution in [-0.2, 0) is 0 Å². The highest BCUT2D eigenvalue weighted by atomic mass is 35.5. The van der Waals surface area contributed by atoms with Crippen LogP contribution in [0.15, 0.2) is 36.4 Å². The average Bonchev–Trinajstić information content (AvgIpc) is 2.36. The molecule has 2 aromatic carbocycles. The largest absolute Gasteiger partial charge is 0.508 e. The maximum Gasteiger partial charge on any atom is 0.258 e. The Morgan fingerprint density at radius 1 is 1.16 bits per heavy atom. The van der Waals surface area contributed by atoms with E-state index in [1.54, 1.807) is 0 Å². The van der Waals surface area contributed by atoms with Gasteiger partial charge in [0.05, 0.1) is 21.3 Å². The topological polar surface area (TPSA) is 49.3 Å². The maximum absolute atomic E-state index is 13.7. The zero-order valence-electron chi connectivity index (χ0n) is 9.45. The van der Waals surface area contributed by atoms with Crippen molar-refractivity contribution >= 4 is 34.8 Å². The summed E-state index contributed by atoms with van der Waals surface area (Å²) in [4.78, 5) is 11.9. The van der Waals surface area contributed by atoms with E-state index in [-0.39, 0.29) is 27.0 Å². The number of phenolic OH excluding ortho intramolecular Hbond substituents is 1. The second kappa shape index (κ2) is 5.47. The average molecular weight is 300 g/mol. The molecule has 0 atom stereocenters. The number of rotatable bonds is 2. The number of halogens is 3. The highest BCUT2D eigenvalue weighted by Crippen LogP contribution is 2.27. The van der Waals surface area contributed by atoms with E-state index in [2.05, 4.69) is 5.32 Å². The van der Waals surface area contributed by atoms with Crippen molar-refractivity contribution in [2.75, 3.05) is 5.32 Å². The van der Waals surface area contributed by atoms with Gasteiger partial charge in [-0.05, 0) is 24.3 Å². The number of nitrogens with one attached hydrogen (secondary N) is 1. The van der Waals surface area contributed by atoms with Crippen molar-refractivity contribution in [2.24, 2.45) is 0 Å². The Bertz CT molecular complexity index is 647. The lowest BCUT2D eigenvalue weighted by Crippen LogP contribution is -2.14. The quantitative estimate of drug-likeness (QED) is 0.821. The first-order chi connectivity index (χ1) is 8.99. The van der Waals surface area contributed by atoms with E-state index in [4.69, 9.17) is 23.2 Å². The molecule has 0 spiro atoms. The fourth-order valence-corrected chi connectivity index (χ4v) is 1.87. The van der Waals surface area contributed by atoms with Crippen LogP contribution in [0.3, 0.4) is 0 Å². The molecule has 2 N–H and O–H groups in total. The predicted octanol–water partition coefficient (Wildman–Crippen LogP) is 4.09. The summed E-state index contributed by atoms with van der Waals surface area (Å²) in [5.74, 6) is -1.50. The summed E-state index contributed by atoms with van der Waals surface area (Å²) in [7, 11) is 0. The Morgan fingerprint density at radius 3 is 2.58 bits per heavy atom. The molecule has 6 heteroatoms. The number of hydrogen-bond donors (Lipinski definition) is 2. The molecular formula is C13H8Cl2FNO2. The molecule has 0 aliphatic rings. The molecule has 0 aliphatic heterocycles. The number of phenols is 1. The first-order valence-corrected chi connectivity index (χ1v) is 5.98. The molecule has 2 aromatic rings. The van der Waals surface area contributed by atoms with Crippen LogP contribution < -0.4 is 5.32 Å². The Morgan fingerprint density at radius 2 is 1.89 bits per heavy atom. The van der Waals surface area contributed by atoms with Gasteiger partial charge in [-0.25, -0.2) is 4.39 Å². The minimum atomic E-state index is -0.795. The van der Waals surface area contributed by atoms with Crippen LogP contribution >= 0.6 is 23.2 Å². The van der Waals surface area contributed by atoms with Crippen molar-refractivity contribution in [1.82, 2.24) is 0 Å². The third-order valence-electron chi connectivity index (χ3n) is 2.40. The normalized spacial score (nSPS) is 10.3. The molecule has 98 valence electrons. The molecule has 3 nitrogen and oxygen atoms in total. The van der Waals surface area contributed by atoms with Crippen molar-refractivity contribution in [3.63, 3.8) is 0 Å². The highest BCUT2D eigenvalue weighted by Gasteiger charge is 2.15. The van der Waals surface area contributed by atoms with Gasteiger partial charge in [0.1, 0.15) is 5.75 Å². The smallest absolute Gasteiger partial charge is 0.258 e. The van der Waals surface area contributed by atoms with Gasteiger partial charge in [-0.3, -0.25) is 4.79 Å². The monoisotopic (exact) mass is 299 g/mol. The molecule has 1 amide bonds. The van der Waals surface area contributed by atoms with E-state index in [9.17, 15) is 14.3 Å². The summed E-state index contributed by atoms with van der Waals surface area (Å²) in [5.41, 5.74) is 0.0838. The predicted molar refractivity (Wildman–Crippen MR) is 72.5 cm³/mol. The van der Waals surface area contributed by atoms with Crippen molar-refractivity contribution in [3.8, 4) is 5.75 Å². The van der Waals surface area contributed by atoms with Crippen LogP contribution in [0.1, 0.15) is 10.4 Å². The van der Waals surface area contributed by atoms with Gasteiger partial charge in [-0.15, -0.1) is 0 Å². The van der Waals surface area contributed by atoms with Crippen molar-refractivity contribution < 1.29 is 14.3 Å². The lowest BCUT2D eigenvalue weighted by Gasteiger charge is -2.08. The summed E-state index contributed by atoms with van der Waals surface area (Å²) < 4.78 is 13.7. The van der Waals surface area contributed by atoms with Gasteiger partial charge in [0, 0.05) is 6.07 Å². The summed E-state index contributed by atoms with van der Waals surface area (Å²) in [5, 5.41) is 11.6. The van der Waals surface area contributed by atoms with Crippen molar-refractivity contribution in [3.05, 3.63) is 57.8 Å². The van der Waals surface area contributed by atoms with Crippen LogP contribution in [0, 0.1) is 5.82 Å². The van der Waals surface area contributed by atoms with Crippen LogP contribution in [0.25, 0.3) is 0 Å². The van der Waals surface area contributed by atoms with Gasteiger partial charge >= 0.3 is 0 Å². The molecule has 0 bridgehead atoms. The summed E-state index contributed by atoms with van der Waals surface area (Å²) in [6.45, 7) is 0. The fraction of sp³-hybridized carbons (Fsp3) is 0. The Hall–Kier alpha value is -1.78. The van der Waals surface area contributed by atoms with E-state index < -0.39 is 11.7 Å². The van der Waals surface area contributed by atoms with E-state index in [1.807, 2.05) is 0 Å². The van der Waals surface area contributed by atoms with Crippen LogP contribution in [0.5, 0.6) is 5.75 Å². The van der Waals surface area contributed by atoms with Gasteiger partial charge in [0.2, 0.25) is 0 Å². The standard InChI is InChI=1S/C13H8Cl2FNO2/c14-9-3-1-2-8(12(9)16)13(19)17-11-5-4-7(18)6-10(11)15/h1-6,18H,(H,17,19). The molecule has 0 unspecified atom stereocenters. The SMILES string of the molecule is O=C(Nc1ccc(O)cc1Cl)c1cccc(Cl)c1F. The number of aromatic hydroxyl groups is 1. The maximum atomic E-state index is 13.7. The first-order valence-electron chi connectivity index (χ1n) is 5.23. The van der Waals surface area contributed by atoms with Gasteiger partial charge in [0.25, 0.3) is 5.91 Å². The minimum Gasteiger partial charge on any atom is -0.508 e. The van der Waals surface area contributed by atoms with Crippen LogP contribution in [0.4, 0.5) is 10.1 Å². The lowest BCUT2D eigenvalue weighted by molar-refractivity contribution is 0.102. The van der Waals surface area contributed by atoms with E-state index in [0.717, 1.165) is 0 Å². The van der Waals surface area contributed by atoms with Crippen LogP contribution in [-0.4, -0.2) is 11.0 Å². The molecule has 0 aliphatic carbocycles. The summed E-state index contributed by atoms with van der Waals surface area (Å²) >= 11 is 11.4. The zero-order valence-corrected chi connectivity index (χ0v) is 11.0. The van der Waals surface area contributed by atoms with Gasteiger partial charge < -0.3 is 10.4 Å². The molecule has 19 heavy (non-hydrogen) atoms. The number of amides is 1. The third-order valence-corrected chi connectivity index (χ3v) is 3.00. The molecule has 0 saturated heterocycles. The molecule has 2 rings (SSSR count). The lowest BCUT2D eigenvalue weighted by atomic mass is 10.2. The van der Waals surface area contributed by atoms with E-state index >= 15 is 0 Å². The van der Waals surface area contributed by atoms with Gasteiger partial charge in [-0.1, -0.05) is 29.3 Å². The van der Waals surface area contributed by atoms with E-state index in [0.29, 0.717) is 0 Å². The number of benzene rings is 2. The minimum absolute atomic E-state index is 0.0306. The number of anilines is 1. The zero-order chi connectivity index (χ0) is 14.0. The van der Waals surface area contributed by atoms with E-state index in [1.165, 1.54) is 36.4 Å². The Kier molecular flexibility index (Phi) is 3.93. The van der Waals surface area contributed by atoms with Crippen LogP contribution in [0.2, 0.25) is 10.0 Å². The molecule has 0 fully saturated rings. The van der Waals surface area contributed by atoms with Gasteiger partial charge in [0.15, 0.2) is 5.82 Å². The number of carbonyl (C=O) groups excluding carboxylic acids is 1. The summed E-state index contributed by atoms with van der Waals surface area (Å²) in [6, 6.07) is 8.17. The highest BCUT2D eigenvalue weighted by molar-refractivity contribution is 6.34. The number of hydrogen-bond acceptors (Lipinski definition) is 2. The molecule has 0 saturated carbocycles. The second-order valence-electron chi connectivity index (χ2n) is 3.72. The van der Waals surface area contributed by atoms with Crippen molar-refractivity contribution in [1.29, 1.82) is 0 Å². The first kappa shape index (κ1) is 13.6. The van der Waals surface area contributed by atoms with Gasteiger partial charge in [-0.2, -0.15) is 0 Å². The molecular weight excluding hydrogens is 292 g/mol. The summed E-state index contributed by atoms with van der Waals surface area (Å²) in [6.07, 6.45) is 0. The fourth-order valence-electron chi connectivity index (χ4n) is 1.47. The van der Waals surface area contributed by atoms with Crippen molar-refractivity contribution in [2.45, 2.75) is 0 Å². The molecule has 0 heterocycles. The third kappa shape index (κ3) is 2.97. The Balaban J connectivity index is 2.28. The number of carbonyl (C=O) groups is 1. The second-order valence-corrected chi connectivity index (χ2v) is 4.53.